The van der Waals surface area contributed by atoms with E-state index >= 15 is 0 Å². The molecule has 2 aromatic heterocycles. The fraction of sp³-hybridized carbons (Fsp3) is 0.222. The molecule has 0 radical (unpaired) electrons. The first-order valence-corrected chi connectivity index (χ1v) is 9.92. The maximum atomic E-state index is 12.8. The van der Waals surface area contributed by atoms with Crippen molar-refractivity contribution < 1.29 is 14.3 Å². The Bertz CT molecular complexity index is 1140. The number of nitrogens with zero attached hydrogens (tertiary/aromatic N) is 2. The lowest BCUT2D eigenvalue weighted by atomic mass is 10.1. The second-order valence-corrected chi connectivity index (χ2v) is 8.29. The van der Waals surface area contributed by atoms with E-state index in [1.54, 1.807) is 38.2 Å². The van der Waals surface area contributed by atoms with Crippen LogP contribution in [0.2, 0.25) is 0 Å². The number of nitrogens with one attached hydrogen (secondary N) is 1. The topological polar surface area (TPSA) is 90.3 Å². The van der Waals surface area contributed by atoms with Gasteiger partial charge in [-0.15, -0.1) is 11.3 Å². The average Bonchev–Trinajstić information content (AvgIpc) is 3.13. The van der Waals surface area contributed by atoms with Gasteiger partial charge in [0.05, 0.1) is 16.5 Å². The summed E-state index contributed by atoms with van der Waals surface area (Å²) in [6.07, 6.45) is 0. The first-order chi connectivity index (χ1) is 12.9. The summed E-state index contributed by atoms with van der Waals surface area (Å²) in [5.41, 5.74) is 1.46. The van der Waals surface area contributed by atoms with E-state index in [9.17, 15) is 14.4 Å². The first kappa shape index (κ1) is 17.7. The number of anilines is 1. The fourth-order valence-electron chi connectivity index (χ4n) is 2.76. The van der Waals surface area contributed by atoms with Gasteiger partial charge in [-0.3, -0.25) is 19.0 Å². The third-order valence-corrected chi connectivity index (χ3v) is 6.23. The molecule has 3 aromatic rings. The Labute approximate surface area is 162 Å². The number of carbonyl (C=O) groups is 2. The van der Waals surface area contributed by atoms with Crippen LogP contribution < -0.4 is 15.6 Å². The highest BCUT2D eigenvalue weighted by Gasteiger charge is 2.23. The molecule has 1 aromatic carbocycles. The van der Waals surface area contributed by atoms with Crippen LogP contribution >= 0.6 is 23.1 Å². The number of ketones is 1. The van der Waals surface area contributed by atoms with Gasteiger partial charge in [-0.2, -0.15) is 0 Å². The minimum Gasteiger partial charge on any atom is -0.482 e. The van der Waals surface area contributed by atoms with Gasteiger partial charge in [-0.25, -0.2) is 4.98 Å². The zero-order chi connectivity index (χ0) is 19.1. The van der Waals surface area contributed by atoms with Gasteiger partial charge in [-0.1, -0.05) is 11.8 Å². The molecule has 0 saturated heterocycles. The number of Topliss-reactive ketones (excluding diaryl/α,β-unsaturated/α-hetero) is 1. The van der Waals surface area contributed by atoms with E-state index in [-0.39, 0.29) is 23.9 Å². The Hall–Kier alpha value is -2.65. The molecule has 1 aliphatic rings. The molecular weight excluding hydrogens is 386 g/mol. The molecule has 0 aliphatic carbocycles. The van der Waals surface area contributed by atoms with Crippen molar-refractivity contribution in [2.24, 2.45) is 7.05 Å². The van der Waals surface area contributed by atoms with Crippen LogP contribution in [0.25, 0.3) is 10.2 Å². The van der Waals surface area contributed by atoms with Crippen LogP contribution in [0.3, 0.4) is 0 Å². The highest BCUT2D eigenvalue weighted by molar-refractivity contribution is 8.00. The lowest BCUT2D eigenvalue weighted by Gasteiger charge is -2.19. The highest BCUT2D eigenvalue weighted by atomic mass is 32.2. The molecule has 1 amide bonds. The molecular formula is C18H15N3O4S2. The highest BCUT2D eigenvalue weighted by Crippen LogP contribution is 2.31. The Morgan fingerprint density at radius 1 is 1.37 bits per heavy atom. The van der Waals surface area contributed by atoms with Crippen LogP contribution in [0.15, 0.2) is 39.6 Å². The average molecular weight is 401 g/mol. The fourth-order valence-corrected chi connectivity index (χ4v) is 4.51. The lowest BCUT2D eigenvalue weighted by Crippen LogP contribution is -2.26. The number of fused-ring (bicyclic) bond motifs is 2. The number of amides is 1. The second-order valence-electron chi connectivity index (χ2n) is 6.07. The van der Waals surface area contributed by atoms with Gasteiger partial charge < -0.3 is 10.1 Å². The minimum absolute atomic E-state index is 0.0304. The predicted molar refractivity (Wildman–Crippen MR) is 105 cm³/mol. The molecule has 0 spiro atoms. The summed E-state index contributed by atoms with van der Waals surface area (Å²) in [7, 11) is 1.65. The first-order valence-electron chi connectivity index (χ1n) is 8.16. The Morgan fingerprint density at radius 2 is 2.19 bits per heavy atom. The number of aromatic nitrogens is 2. The molecule has 3 heterocycles. The number of thiophene rings is 1. The van der Waals surface area contributed by atoms with Gasteiger partial charge in [0.15, 0.2) is 17.5 Å². The van der Waals surface area contributed by atoms with Crippen LogP contribution in [0, 0.1) is 0 Å². The summed E-state index contributed by atoms with van der Waals surface area (Å²) < 4.78 is 7.38. The van der Waals surface area contributed by atoms with Crippen molar-refractivity contribution >= 4 is 50.7 Å². The third-order valence-electron chi connectivity index (χ3n) is 4.19. The van der Waals surface area contributed by atoms with Crippen LogP contribution in [0.5, 0.6) is 5.75 Å². The van der Waals surface area contributed by atoms with Crippen LogP contribution in [0.1, 0.15) is 17.3 Å². The number of hydrogen-bond donors (Lipinski definition) is 1. The number of carbonyl (C=O) groups excluding carboxylic acids is 2. The maximum absolute atomic E-state index is 12.8. The van der Waals surface area contributed by atoms with Crippen molar-refractivity contribution in [3.05, 3.63) is 45.6 Å². The molecule has 27 heavy (non-hydrogen) atoms. The molecule has 138 valence electrons. The van der Waals surface area contributed by atoms with E-state index in [4.69, 9.17) is 4.74 Å². The van der Waals surface area contributed by atoms with Crippen molar-refractivity contribution in [1.82, 2.24) is 9.55 Å². The van der Waals surface area contributed by atoms with Gasteiger partial charge in [-0.05, 0) is 36.6 Å². The molecule has 7 nitrogen and oxygen atoms in total. The molecule has 1 atom stereocenters. The van der Waals surface area contributed by atoms with Gasteiger partial charge in [0.2, 0.25) is 0 Å². The zero-order valence-electron chi connectivity index (χ0n) is 14.5. The normalized spacial score (nSPS) is 14.4. The summed E-state index contributed by atoms with van der Waals surface area (Å²) in [5, 5.41) is 4.55. The number of hydrogen-bond acceptors (Lipinski definition) is 7. The van der Waals surface area contributed by atoms with Crippen molar-refractivity contribution in [1.29, 1.82) is 0 Å². The quantitative estimate of drug-likeness (QED) is 0.411. The molecule has 0 bridgehead atoms. The summed E-state index contributed by atoms with van der Waals surface area (Å²) in [4.78, 5) is 41.2. The summed E-state index contributed by atoms with van der Waals surface area (Å²) in [6, 6.07) is 6.75. The maximum Gasteiger partial charge on any atom is 0.271 e. The van der Waals surface area contributed by atoms with Crippen molar-refractivity contribution in [3.8, 4) is 5.75 Å². The molecule has 1 unspecified atom stereocenters. The van der Waals surface area contributed by atoms with Crippen LogP contribution in [-0.4, -0.2) is 33.1 Å². The third kappa shape index (κ3) is 3.24. The summed E-state index contributed by atoms with van der Waals surface area (Å²) >= 11 is 2.59. The Balaban J connectivity index is 1.60. The van der Waals surface area contributed by atoms with Crippen molar-refractivity contribution in [2.75, 3.05) is 11.9 Å². The van der Waals surface area contributed by atoms with Gasteiger partial charge in [0.25, 0.3) is 11.5 Å². The smallest absolute Gasteiger partial charge is 0.271 e. The van der Waals surface area contributed by atoms with E-state index in [0.717, 1.165) is 0 Å². The number of benzene rings is 1. The number of rotatable bonds is 4. The molecule has 4 rings (SSSR count). The minimum atomic E-state index is -0.461. The van der Waals surface area contributed by atoms with Crippen LogP contribution in [0.4, 0.5) is 5.69 Å². The summed E-state index contributed by atoms with van der Waals surface area (Å²) in [6.45, 7) is 1.74. The van der Waals surface area contributed by atoms with Crippen molar-refractivity contribution in [3.63, 3.8) is 0 Å². The van der Waals surface area contributed by atoms with Gasteiger partial charge in [0, 0.05) is 12.6 Å². The lowest BCUT2D eigenvalue weighted by molar-refractivity contribution is -0.118. The second kappa shape index (κ2) is 6.82. The zero-order valence-corrected chi connectivity index (χ0v) is 16.1. The molecule has 0 fully saturated rings. The Morgan fingerprint density at radius 3 is 3.00 bits per heavy atom. The molecule has 1 aliphatic heterocycles. The SMILES string of the molecule is CC(Sc1nc2ccsc2c(=O)n1C)C(=O)c1ccc2c(c1)NC(=O)CO2. The standard InChI is InChI=1S/C18H15N3O4S2/c1-9(27-18-20-11-5-6-26-16(11)17(24)21(18)2)15(23)10-3-4-13-12(7-10)19-14(22)8-25-13/h3-7,9H,8H2,1-2H3,(H,19,22). The molecule has 1 N–H and O–H groups in total. The van der Waals surface area contributed by atoms with Gasteiger partial charge >= 0.3 is 0 Å². The largest absolute Gasteiger partial charge is 0.482 e. The van der Waals surface area contributed by atoms with Gasteiger partial charge in [0.1, 0.15) is 10.4 Å². The summed E-state index contributed by atoms with van der Waals surface area (Å²) in [5.74, 6) is 0.165. The van der Waals surface area contributed by atoms with E-state index in [1.807, 2.05) is 5.38 Å². The van der Waals surface area contributed by atoms with E-state index in [1.165, 1.54) is 27.7 Å². The monoisotopic (exact) mass is 401 g/mol. The van der Waals surface area contributed by atoms with E-state index in [2.05, 4.69) is 10.3 Å². The molecule has 9 heteroatoms. The number of thioether (sulfide) groups is 1. The Kier molecular flexibility index (Phi) is 4.48. The molecule has 0 saturated carbocycles. The van der Waals surface area contributed by atoms with E-state index in [0.29, 0.717) is 32.4 Å². The van der Waals surface area contributed by atoms with Crippen LogP contribution in [-0.2, 0) is 11.8 Å². The van der Waals surface area contributed by atoms with E-state index < -0.39 is 5.25 Å². The number of ether oxygens (including phenoxy) is 1. The van der Waals surface area contributed by atoms with Crippen molar-refractivity contribution in [2.45, 2.75) is 17.3 Å². The predicted octanol–water partition coefficient (Wildman–Crippen LogP) is 2.69.